The Hall–Kier alpha value is -0.870. The Bertz CT molecular complexity index is 280. The maximum Gasteiger partial charge on any atom is 0.0925 e. The molecule has 1 unspecified atom stereocenters. The molecule has 0 radical (unpaired) electrons. The van der Waals surface area contributed by atoms with Gasteiger partial charge in [-0.1, -0.05) is 13.3 Å². The highest BCUT2D eigenvalue weighted by Crippen LogP contribution is 2.09. The Labute approximate surface area is 97.5 Å². The number of aliphatic hydroxyl groups excluding tert-OH is 1. The van der Waals surface area contributed by atoms with E-state index in [-0.39, 0.29) is 6.61 Å². The van der Waals surface area contributed by atoms with Crippen LogP contribution >= 0.6 is 0 Å². The molecular formula is C12H23N3O. The molecule has 0 amide bonds. The lowest BCUT2D eigenvalue weighted by atomic mass is 10.0. The van der Waals surface area contributed by atoms with E-state index >= 15 is 0 Å². The van der Waals surface area contributed by atoms with Crippen LogP contribution in [0.1, 0.15) is 37.6 Å². The number of H-pyrrole nitrogens is 1. The van der Waals surface area contributed by atoms with E-state index in [4.69, 9.17) is 5.11 Å². The summed E-state index contributed by atoms with van der Waals surface area (Å²) in [4.78, 5) is 7.30. The van der Waals surface area contributed by atoms with Crippen LogP contribution in [0.5, 0.6) is 0 Å². The summed E-state index contributed by atoms with van der Waals surface area (Å²) in [6.45, 7) is 6.26. The predicted octanol–water partition coefficient (Wildman–Crippen LogP) is 1.61. The van der Waals surface area contributed by atoms with Crippen LogP contribution in [0, 0.1) is 12.8 Å². The van der Waals surface area contributed by atoms with Crippen molar-refractivity contribution >= 4 is 0 Å². The van der Waals surface area contributed by atoms with Gasteiger partial charge >= 0.3 is 0 Å². The van der Waals surface area contributed by atoms with Crippen molar-refractivity contribution in [3.05, 3.63) is 17.7 Å². The number of imidazole rings is 1. The zero-order valence-corrected chi connectivity index (χ0v) is 10.3. The van der Waals surface area contributed by atoms with E-state index in [0.717, 1.165) is 30.9 Å². The molecule has 0 aliphatic rings. The summed E-state index contributed by atoms with van der Waals surface area (Å²) < 4.78 is 0. The first-order chi connectivity index (χ1) is 7.77. The third kappa shape index (κ3) is 4.33. The maximum absolute atomic E-state index is 8.95. The van der Waals surface area contributed by atoms with Gasteiger partial charge < -0.3 is 15.4 Å². The molecule has 0 fully saturated rings. The second-order valence-corrected chi connectivity index (χ2v) is 4.27. The second kappa shape index (κ2) is 7.41. The van der Waals surface area contributed by atoms with E-state index in [9.17, 15) is 0 Å². The van der Waals surface area contributed by atoms with Crippen LogP contribution in [0.3, 0.4) is 0 Å². The molecule has 0 aliphatic carbocycles. The number of nitrogens with zero attached hydrogens (tertiary/aromatic N) is 1. The lowest BCUT2D eigenvalue weighted by Gasteiger charge is -2.15. The molecule has 0 bridgehead atoms. The minimum Gasteiger partial charge on any atom is -0.396 e. The maximum atomic E-state index is 8.95. The van der Waals surface area contributed by atoms with Crippen LogP contribution < -0.4 is 5.32 Å². The van der Waals surface area contributed by atoms with Gasteiger partial charge in [0.25, 0.3) is 0 Å². The van der Waals surface area contributed by atoms with Crippen molar-refractivity contribution in [3.8, 4) is 0 Å². The molecule has 4 nitrogen and oxygen atoms in total. The first kappa shape index (κ1) is 13.2. The SMILES string of the molecule is CCCC(CCO)CNCc1nc[nH]c1C. The highest BCUT2D eigenvalue weighted by atomic mass is 16.3. The van der Waals surface area contributed by atoms with Gasteiger partial charge in [0, 0.05) is 18.8 Å². The fourth-order valence-corrected chi connectivity index (χ4v) is 1.90. The van der Waals surface area contributed by atoms with Crippen molar-refractivity contribution in [2.24, 2.45) is 5.92 Å². The van der Waals surface area contributed by atoms with Gasteiger partial charge in [0.05, 0.1) is 12.0 Å². The Morgan fingerprint density at radius 2 is 2.31 bits per heavy atom. The number of nitrogens with one attached hydrogen (secondary N) is 2. The highest BCUT2D eigenvalue weighted by Gasteiger charge is 2.07. The summed E-state index contributed by atoms with van der Waals surface area (Å²) in [5, 5.41) is 12.4. The number of aromatic amines is 1. The van der Waals surface area contributed by atoms with Crippen LogP contribution in [-0.2, 0) is 6.54 Å². The van der Waals surface area contributed by atoms with Crippen molar-refractivity contribution in [1.29, 1.82) is 0 Å². The Kier molecular flexibility index (Phi) is 6.11. The molecule has 1 heterocycles. The summed E-state index contributed by atoms with van der Waals surface area (Å²) in [7, 11) is 0. The van der Waals surface area contributed by atoms with Gasteiger partial charge in [0.15, 0.2) is 0 Å². The molecule has 3 N–H and O–H groups in total. The van der Waals surface area contributed by atoms with E-state index in [1.165, 1.54) is 12.8 Å². The van der Waals surface area contributed by atoms with E-state index < -0.39 is 0 Å². The lowest BCUT2D eigenvalue weighted by Crippen LogP contribution is -2.23. The fourth-order valence-electron chi connectivity index (χ4n) is 1.90. The topological polar surface area (TPSA) is 60.9 Å². The number of aliphatic hydroxyl groups is 1. The number of hydrogen-bond donors (Lipinski definition) is 3. The molecule has 1 rings (SSSR count). The predicted molar refractivity (Wildman–Crippen MR) is 65.1 cm³/mol. The molecule has 0 spiro atoms. The largest absolute Gasteiger partial charge is 0.396 e. The van der Waals surface area contributed by atoms with Gasteiger partial charge in [-0.15, -0.1) is 0 Å². The standard InChI is InChI=1S/C12H23N3O/c1-3-4-11(5-6-16)7-13-8-12-10(2)14-9-15-12/h9,11,13,16H,3-8H2,1-2H3,(H,14,15). The smallest absolute Gasteiger partial charge is 0.0925 e. The molecule has 1 aromatic rings. The number of aryl methyl sites for hydroxylation is 1. The van der Waals surface area contributed by atoms with Crippen molar-refractivity contribution in [2.75, 3.05) is 13.2 Å². The third-order valence-corrected chi connectivity index (χ3v) is 2.89. The summed E-state index contributed by atoms with van der Waals surface area (Å²) in [6, 6.07) is 0. The minimum atomic E-state index is 0.285. The van der Waals surface area contributed by atoms with Gasteiger partial charge in [0.2, 0.25) is 0 Å². The molecule has 0 aromatic carbocycles. The van der Waals surface area contributed by atoms with Crippen molar-refractivity contribution < 1.29 is 5.11 Å². The van der Waals surface area contributed by atoms with E-state index in [2.05, 4.69) is 22.2 Å². The Balaban J connectivity index is 2.24. The van der Waals surface area contributed by atoms with E-state index in [1.54, 1.807) is 6.33 Å². The summed E-state index contributed by atoms with van der Waals surface area (Å²) in [5.74, 6) is 0.578. The van der Waals surface area contributed by atoms with Crippen LogP contribution in [0.25, 0.3) is 0 Å². The van der Waals surface area contributed by atoms with E-state index in [1.807, 2.05) is 6.92 Å². The minimum absolute atomic E-state index is 0.285. The third-order valence-electron chi connectivity index (χ3n) is 2.89. The van der Waals surface area contributed by atoms with Gasteiger partial charge in [-0.05, 0) is 32.2 Å². The van der Waals surface area contributed by atoms with Crippen molar-refractivity contribution in [3.63, 3.8) is 0 Å². The first-order valence-electron chi connectivity index (χ1n) is 6.08. The summed E-state index contributed by atoms with van der Waals surface area (Å²) in [6.07, 6.45) is 4.96. The van der Waals surface area contributed by atoms with Crippen LogP contribution in [0.15, 0.2) is 6.33 Å². The zero-order chi connectivity index (χ0) is 11.8. The molecule has 0 saturated carbocycles. The molecule has 1 atom stereocenters. The molecule has 1 aromatic heterocycles. The van der Waals surface area contributed by atoms with Crippen LogP contribution in [0.2, 0.25) is 0 Å². The normalized spacial score (nSPS) is 12.9. The molecule has 4 heteroatoms. The average molecular weight is 225 g/mol. The second-order valence-electron chi connectivity index (χ2n) is 4.27. The number of aromatic nitrogens is 2. The van der Waals surface area contributed by atoms with Crippen LogP contribution in [0.4, 0.5) is 0 Å². The molecule has 0 saturated heterocycles. The molecule has 92 valence electrons. The van der Waals surface area contributed by atoms with Crippen LogP contribution in [-0.4, -0.2) is 28.2 Å². The average Bonchev–Trinajstić information content (AvgIpc) is 2.65. The van der Waals surface area contributed by atoms with E-state index in [0.29, 0.717) is 5.92 Å². The lowest BCUT2D eigenvalue weighted by molar-refractivity contribution is 0.248. The van der Waals surface area contributed by atoms with Crippen molar-refractivity contribution in [2.45, 2.75) is 39.7 Å². The summed E-state index contributed by atoms with van der Waals surface area (Å²) in [5.41, 5.74) is 2.21. The first-order valence-corrected chi connectivity index (χ1v) is 6.08. The molecular weight excluding hydrogens is 202 g/mol. The fraction of sp³-hybridized carbons (Fsp3) is 0.750. The van der Waals surface area contributed by atoms with Gasteiger partial charge in [-0.2, -0.15) is 0 Å². The zero-order valence-electron chi connectivity index (χ0n) is 10.3. The summed E-state index contributed by atoms with van der Waals surface area (Å²) >= 11 is 0. The molecule has 0 aliphatic heterocycles. The monoisotopic (exact) mass is 225 g/mol. The number of rotatable bonds is 8. The quantitative estimate of drug-likeness (QED) is 0.630. The molecule has 16 heavy (non-hydrogen) atoms. The van der Waals surface area contributed by atoms with Gasteiger partial charge in [-0.3, -0.25) is 0 Å². The Morgan fingerprint density at radius 3 is 2.88 bits per heavy atom. The Morgan fingerprint density at radius 1 is 1.50 bits per heavy atom. The van der Waals surface area contributed by atoms with Crippen molar-refractivity contribution in [1.82, 2.24) is 15.3 Å². The highest BCUT2D eigenvalue weighted by molar-refractivity contribution is 5.07. The number of hydrogen-bond acceptors (Lipinski definition) is 3. The van der Waals surface area contributed by atoms with Gasteiger partial charge in [-0.25, -0.2) is 4.98 Å². The van der Waals surface area contributed by atoms with Gasteiger partial charge in [0.1, 0.15) is 0 Å².